The predicted octanol–water partition coefficient (Wildman–Crippen LogP) is 1.60. The largest absolute Gasteiger partial charge is 0.295 e. The van der Waals surface area contributed by atoms with Crippen molar-refractivity contribution in [2.24, 2.45) is 0 Å². The van der Waals surface area contributed by atoms with Gasteiger partial charge < -0.3 is 0 Å². The van der Waals surface area contributed by atoms with Gasteiger partial charge in [0.05, 0.1) is 5.39 Å². The molecule has 0 aliphatic carbocycles. The minimum atomic E-state index is -0.407. The van der Waals surface area contributed by atoms with Gasteiger partial charge in [0.25, 0.3) is 5.56 Å². The Balaban J connectivity index is 3.02. The molecule has 1 aromatic heterocycles. The van der Waals surface area contributed by atoms with E-state index in [2.05, 4.69) is 10.2 Å². The van der Waals surface area contributed by atoms with Gasteiger partial charge in [-0.3, -0.25) is 15.0 Å². The standard InChI is InChI=1S/C7H4FIN2O/c8-5-2-3(9)1-4-6(5)10-11-7(4)12/h1-2H,(H2,10,11,12). The molecule has 0 bridgehead atoms. The van der Waals surface area contributed by atoms with Gasteiger partial charge in [-0.1, -0.05) is 0 Å². The average Bonchev–Trinajstić information content (AvgIpc) is 2.33. The molecule has 1 aromatic carbocycles. The third-order valence-corrected chi connectivity index (χ3v) is 2.22. The van der Waals surface area contributed by atoms with E-state index in [0.29, 0.717) is 8.96 Å². The summed E-state index contributed by atoms with van der Waals surface area (Å²) < 4.78 is 13.8. The van der Waals surface area contributed by atoms with E-state index in [0.717, 1.165) is 0 Å². The first-order valence-corrected chi connectivity index (χ1v) is 4.32. The van der Waals surface area contributed by atoms with Crippen LogP contribution in [-0.4, -0.2) is 10.2 Å². The van der Waals surface area contributed by atoms with Gasteiger partial charge in [-0.25, -0.2) is 4.39 Å². The molecule has 2 aromatic rings. The van der Waals surface area contributed by atoms with Crippen molar-refractivity contribution in [3.05, 3.63) is 31.9 Å². The molecule has 0 amide bonds. The Hall–Kier alpha value is -0.850. The van der Waals surface area contributed by atoms with Crippen LogP contribution < -0.4 is 5.56 Å². The first-order chi connectivity index (χ1) is 5.68. The SMILES string of the molecule is O=c1[nH][nH]c2c(F)cc(I)cc12. The van der Waals surface area contributed by atoms with Gasteiger partial charge in [-0.15, -0.1) is 0 Å². The smallest absolute Gasteiger partial charge is 0.271 e. The van der Waals surface area contributed by atoms with E-state index in [1.807, 2.05) is 22.6 Å². The number of aromatic amines is 2. The summed E-state index contributed by atoms with van der Waals surface area (Å²) in [6.45, 7) is 0. The van der Waals surface area contributed by atoms with Gasteiger partial charge >= 0.3 is 0 Å². The van der Waals surface area contributed by atoms with Crippen LogP contribution in [-0.2, 0) is 0 Å². The third-order valence-electron chi connectivity index (χ3n) is 1.60. The van der Waals surface area contributed by atoms with Gasteiger partial charge in [0.1, 0.15) is 11.3 Å². The maximum atomic E-state index is 13.1. The zero-order valence-electron chi connectivity index (χ0n) is 5.82. The zero-order chi connectivity index (χ0) is 8.72. The Morgan fingerprint density at radius 3 is 2.83 bits per heavy atom. The summed E-state index contributed by atoms with van der Waals surface area (Å²) in [4.78, 5) is 11.0. The molecule has 0 aliphatic rings. The molecule has 0 saturated carbocycles. The van der Waals surface area contributed by atoms with Crippen molar-refractivity contribution in [1.29, 1.82) is 0 Å². The number of H-pyrrole nitrogens is 2. The monoisotopic (exact) mass is 278 g/mol. The maximum Gasteiger partial charge on any atom is 0.271 e. The van der Waals surface area contributed by atoms with E-state index in [4.69, 9.17) is 0 Å². The van der Waals surface area contributed by atoms with Crippen LogP contribution in [0.5, 0.6) is 0 Å². The van der Waals surface area contributed by atoms with Crippen LogP contribution in [0.3, 0.4) is 0 Å². The Morgan fingerprint density at radius 1 is 1.33 bits per heavy atom. The lowest BCUT2D eigenvalue weighted by molar-refractivity contribution is 0.635. The molecular formula is C7H4FIN2O. The van der Waals surface area contributed by atoms with E-state index >= 15 is 0 Å². The van der Waals surface area contributed by atoms with Crippen LogP contribution in [0.1, 0.15) is 0 Å². The summed E-state index contributed by atoms with van der Waals surface area (Å²) in [5.41, 5.74) is -0.0529. The fourth-order valence-electron chi connectivity index (χ4n) is 1.07. The van der Waals surface area contributed by atoms with Gasteiger partial charge in [0.15, 0.2) is 0 Å². The quantitative estimate of drug-likeness (QED) is 0.706. The minimum Gasteiger partial charge on any atom is -0.295 e. The Labute approximate surface area is 80.1 Å². The van der Waals surface area contributed by atoms with Gasteiger partial charge in [0, 0.05) is 3.57 Å². The lowest BCUT2D eigenvalue weighted by Crippen LogP contribution is -1.97. The Kier molecular flexibility index (Phi) is 1.67. The summed E-state index contributed by atoms with van der Waals surface area (Å²) in [6.07, 6.45) is 0. The van der Waals surface area contributed by atoms with Crippen molar-refractivity contribution >= 4 is 33.5 Å². The zero-order valence-corrected chi connectivity index (χ0v) is 7.98. The Morgan fingerprint density at radius 2 is 2.08 bits per heavy atom. The summed E-state index contributed by atoms with van der Waals surface area (Å²) in [5.74, 6) is -0.407. The van der Waals surface area contributed by atoms with Gasteiger partial charge in [-0.05, 0) is 34.7 Å². The van der Waals surface area contributed by atoms with Gasteiger partial charge in [-0.2, -0.15) is 0 Å². The van der Waals surface area contributed by atoms with Crippen molar-refractivity contribution in [2.75, 3.05) is 0 Å². The van der Waals surface area contributed by atoms with E-state index < -0.39 is 5.82 Å². The van der Waals surface area contributed by atoms with Crippen LogP contribution >= 0.6 is 22.6 Å². The fourth-order valence-corrected chi connectivity index (χ4v) is 1.65. The van der Waals surface area contributed by atoms with Crippen molar-refractivity contribution < 1.29 is 4.39 Å². The predicted molar refractivity (Wildman–Crippen MR) is 51.6 cm³/mol. The molecule has 12 heavy (non-hydrogen) atoms. The highest BCUT2D eigenvalue weighted by Gasteiger charge is 2.06. The molecule has 5 heteroatoms. The molecule has 62 valence electrons. The number of halogens is 2. The van der Waals surface area contributed by atoms with E-state index in [-0.39, 0.29) is 11.1 Å². The lowest BCUT2D eigenvalue weighted by atomic mass is 10.2. The van der Waals surface area contributed by atoms with E-state index in [9.17, 15) is 9.18 Å². The molecule has 0 saturated heterocycles. The maximum absolute atomic E-state index is 13.1. The second-order valence-electron chi connectivity index (χ2n) is 2.39. The summed E-state index contributed by atoms with van der Waals surface area (Å²) in [5, 5.41) is 5.15. The minimum absolute atomic E-state index is 0.236. The normalized spacial score (nSPS) is 10.8. The molecule has 0 spiro atoms. The molecule has 1 heterocycles. The molecule has 0 atom stereocenters. The fraction of sp³-hybridized carbons (Fsp3) is 0. The molecular weight excluding hydrogens is 274 g/mol. The second kappa shape index (κ2) is 2.58. The van der Waals surface area contributed by atoms with Crippen LogP contribution in [0, 0.1) is 9.39 Å². The van der Waals surface area contributed by atoms with Crippen LogP contribution in [0.25, 0.3) is 10.9 Å². The van der Waals surface area contributed by atoms with Gasteiger partial charge in [0.2, 0.25) is 0 Å². The lowest BCUT2D eigenvalue weighted by Gasteiger charge is -1.91. The first kappa shape index (κ1) is 7.78. The number of fused-ring (bicyclic) bond motifs is 1. The molecule has 0 aliphatic heterocycles. The molecule has 2 N–H and O–H groups in total. The first-order valence-electron chi connectivity index (χ1n) is 3.24. The number of rotatable bonds is 0. The summed E-state index contributed by atoms with van der Waals surface area (Å²) in [7, 11) is 0. The van der Waals surface area contributed by atoms with Crippen LogP contribution in [0.15, 0.2) is 16.9 Å². The number of hydrogen-bond acceptors (Lipinski definition) is 1. The topological polar surface area (TPSA) is 48.6 Å². The number of hydrogen-bond donors (Lipinski definition) is 2. The molecule has 0 fully saturated rings. The third kappa shape index (κ3) is 1.04. The summed E-state index contributed by atoms with van der Waals surface area (Å²) >= 11 is 1.96. The molecule has 0 radical (unpaired) electrons. The van der Waals surface area contributed by atoms with Crippen molar-refractivity contribution in [2.45, 2.75) is 0 Å². The average molecular weight is 278 g/mol. The highest BCUT2D eigenvalue weighted by atomic mass is 127. The molecule has 2 rings (SSSR count). The molecule has 0 unspecified atom stereocenters. The van der Waals surface area contributed by atoms with Crippen molar-refractivity contribution in [3.63, 3.8) is 0 Å². The van der Waals surface area contributed by atoms with Crippen molar-refractivity contribution in [1.82, 2.24) is 10.2 Å². The van der Waals surface area contributed by atoms with Crippen LogP contribution in [0.4, 0.5) is 4.39 Å². The highest BCUT2D eigenvalue weighted by molar-refractivity contribution is 14.1. The van der Waals surface area contributed by atoms with E-state index in [1.54, 1.807) is 6.07 Å². The second-order valence-corrected chi connectivity index (χ2v) is 3.63. The van der Waals surface area contributed by atoms with Crippen LogP contribution in [0.2, 0.25) is 0 Å². The highest BCUT2D eigenvalue weighted by Crippen LogP contribution is 2.15. The Bertz CT molecular complexity index is 488. The number of aromatic nitrogens is 2. The molecule has 3 nitrogen and oxygen atoms in total. The summed E-state index contributed by atoms with van der Waals surface area (Å²) in [6, 6.07) is 3.00. The number of nitrogens with one attached hydrogen (secondary N) is 2. The van der Waals surface area contributed by atoms with Crippen molar-refractivity contribution in [3.8, 4) is 0 Å². The van der Waals surface area contributed by atoms with E-state index in [1.165, 1.54) is 6.07 Å². The number of benzene rings is 1.